The number of fused-ring (bicyclic) bond motifs is 1. The van der Waals surface area contributed by atoms with Crippen molar-refractivity contribution in [1.29, 1.82) is 0 Å². The molecule has 1 heterocycles. The van der Waals surface area contributed by atoms with Gasteiger partial charge in [0, 0.05) is 10.9 Å². The molecule has 1 aromatic heterocycles. The molecule has 2 unspecified atom stereocenters. The van der Waals surface area contributed by atoms with Gasteiger partial charge in [-0.15, -0.1) is 0 Å². The molecule has 3 nitrogen and oxygen atoms in total. The quantitative estimate of drug-likeness (QED) is 0.742. The lowest BCUT2D eigenvalue weighted by molar-refractivity contribution is 0.173. The molecule has 0 aliphatic rings. The Kier molecular flexibility index (Phi) is 4.69. The predicted molar refractivity (Wildman–Crippen MR) is 95.0 cm³/mol. The zero-order valence-electron chi connectivity index (χ0n) is 13.4. The van der Waals surface area contributed by atoms with E-state index in [4.69, 9.17) is 16.6 Å². The topological polar surface area (TPSA) is 38.0 Å². The highest BCUT2D eigenvalue weighted by atomic mass is 35.5. The van der Waals surface area contributed by atoms with Crippen LogP contribution in [0, 0.1) is 0 Å². The Bertz CT molecular complexity index is 796. The second-order valence-electron chi connectivity index (χ2n) is 5.93. The van der Waals surface area contributed by atoms with Crippen LogP contribution in [0.25, 0.3) is 11.0 Å². The standard InChI is InChI=1S/C19H21ClN2O/c1-3-16(14-7-5-4-6-8-14)19-21-17-11-15(20)9-10-18(17)22(19)12-13(2)23/h4-11,13,16,23H,3,12H2,1-2H3. The fraction of sp³-hybridized carbons (Fsp3) is 0.316. The summed E-state index contributed by atoms with van der Waals surface area (Å²) in [5.41, 5.74) is 3.13. The fourth-order valence-corrected chi connectivity index (χ4v) is 3.26. The summed E-state index contributed by atoms with van der Waals surface area (Å²) in [5, 5.41) is 10.6. The van der Waals surface area contributed by atoms with Crippen LogP contribution in [0.15, 0.2) is 48.5 Å². The molecular formula is C19H21ClN2O. The highest BCUT2D eigenvalue weighted by molar-refractivity contribution is 6.31. The third-order valence-electron chi connectivity index (χ3n) is 4.11. The number of aliphatic hydroxyl groups is 1. The molecule has 0 radical (unpaired) electrons. The van der Waals surface area contributed by atoms with E-state index in [0.29, 0.717) is 11.6 Å². The molecule has 0 saturated carbocycles. The van der Waals surface area contributed by atoms with Gasteiger partial charge in [0.2, 0.25) is 0 Å². The smallest absolute Gasteiger partial charge is 0.117 e. The lowest BCUT2D eigenvalue weighted by Crippen LogP contribution is -2.17. The monoisotopic (exact) mass is 328 g/mol. The van der Waals surface area contributed by atoms with Crippen LogP contribution < -0.4 is 0 Å². The van der Waals surface area contributed by atoms with Crippen LogP contribution in [0.2, 0.25) is 5.02 Å². The Balaban J connectivity index is 2.18. The number of hydrogen-bond acceptors (Lipinski definition) is 2. The molecular weight excluding hydrogens is 308 g/mol. The van der Waals surface area contributed by atoms with Crippen LogP contribution in [0.5, 0.6) is 0 Å². The summed E-state index contributed by atoms with van der Waals surface area (Å²) in [6, 6.07) is 16.1. The van der Waals surface area contributed by atoms with Crippen molar-refractivity contribution in [3.8, 4) is 0 Å². The lowest BCUT2D eigenvalue weighted by atomic mass is 9.95. The van der Waals surface area contributed by atoms with Crippen molar-refractivity contribution in [1.82, 2.24) is 9.55 Å². The molecule has 0 aliphatic carbocycles. The van der Waals surface area contributed by atoms with Gasteiger partial charge in [-0.2, -0.15) is 0 Å². The minimum Gasteiger partial charge on any atom is -0.392 e. The first-order valence-electron chi connectivity index (χ1n) is 7.98. The number of aliphatic hydroxyl groups excluding tert-OH is 1. The molecule has 23 heavy (non-hydrogen) atoms. The summed E-state index contributed by atoms with van der Waals surface area (Å²) in [6.07, 6.45) is 0.510. The van der Waals surface area contributed by atoms with Crippen LogP contribution in [-0.2, 0) is 6.54 Å². The van der Waals surface area contributed by atoms with E-state index in [0.717, 1.165) is 23.3 Å². The van der Waals surface area contributed by atoms with Crippen LogP contribution in [-0.4, -0.2) is 20.8 Å². The van der Waals surface area contributed by atoms with Gasteiger partial charge < -0.3 is 9.67 Å². The first kappa shape index (κ1) is 16.0. The number of benzene rings is 2. The lowest BCUT2D eigenvalue weighted by Gasteiger charge is -2.18. The Morgan fingerprint density at radius 3 is 2.57 bits per heavy atom. The van der Waals surface area contributed by atoms with Crippen molar-refractivity contribution in [2.24, 2.45) is 0 Å². The normalized spacial score (nSPS) is 14.1. The summed E-state index contributed by atoms with van der Waals surface area (Å²) in [6.45, 7) is 4.49. The van der Waals surface area contributed by atoms with Gasteiger partial charge in [0.25, 0.3) is 0 Å². The maximum atomic E-state index is 9.91. The number of imidazole rings is 1. The van der Waals surface area contributed by atoms with Gasteiger partial charge in [0.05, 0.1) is 23.7 Å². The Morgan fingerprint density at radius 1 is 1.17 bits per heavy atom. The highest BCUT2D eigenvalue weighted by Crippen LogP contribution is 2.31. The Hall–Kier alpha value is -1.84. The van der Waals surface area contributed by atoms with E-state index in [1.54, 1.807) is 6.92 Å². The Labute approximate surface area is 141 Å². The van der Waals surface area contributed by atoms with E-state index in [9.17, 15) is 5.11 Å². The average Bonchev–Trinajstić information content (AvgIpc) is 2.86. The number of hydrogen-bond donors (Lipinski definition) is 1. The molecule has 1 N–H and O–H groups in total. The summed E-state index contributed by atoms with van der Waals surface area (Å²) in [4.78, 5) is 4.84. The zero-order chi connectivity index (χ0) is 16.4. The number of halogens is 1. The first-order valence-corrected chi connectivity index (χ1v) is 8.36. The summed E-state index contributed by atoms with van der Waals surface area (Å²) >= 11 is 6.12. The molecule has 3 aromatic rings. The maximum absolute atomic E-state index is 9.91. The molecule has 2 aromatic carbocycles. The third kappa shape index (κ3) is 3.26. The number of aromatic nitrogens is 2. The molecule has 0 spiro atoms. The maximum Gasteiger partial charge on any atom is 0.117 e. The van der Waals surface area contributed by atoms with E-state index in [1.165, 1.54) is 5.56 Å². The van der Waals surface area contributed by atoms with Gasteiger partial charge in [-0.25, -0.2) is 4.98 Å². The average molecular weight is 329 g/mol. The van der Waals surface area contributed by atoms with Crippen LogP contribution >= 0.6 is 11.6 Å². The van der Waals surface area contributed by atoms with Crippen molar-refractivity contribution >= 4 is 22.6 Å². The van der Waals surface area contributed by atoms with Crippen molar-refractivity contribution in [2.45, 2.75) is 38.8 Å². The molecule has 3 rings (SSSR count). The van der Waals surface area contributed by atoms with Crippen molar-refractivity contribution in [3.63, 3.8) is 0 Å². The zero-order valence-corrected chi connectivity index (χ0v) is 14.2. The fourth-order valence-electron chi connectivity index (χ4n) is 3.10. The SMILES string of the molecule is CCC(c1ccccc1)c1nc2cc(Cl)ccc2n1CC(C)O. The largest absolute Gasteiger partial charge is 0.392 e. The van der Waals surface area contributed by atoms with Crippen molar-refractivity contribution in [2.75, 3.05) is 0 Å². The summed E-state index contributed by atoms with van der Waals surface area (Å²) in [5.74, 6) is 1.18. The van der Waals surface area contributed by atoms with Gasteiger partial charge in [0.1, 0.15) is 5.82 Å². The van der Waals surface area contributed by atoms with Gasteiger partial charge in [-0.05, 0) is 37.1 Å². The molecule has 120 valence electrons. The molecule has 0 saturated heterocycles. The van der Waals surface area contributed by atoms with Crippen molar-refractivity contribution < 1.29 is 5.11 Å². The Morgan fingerprint density at radius 2 is 1.91 bits per heavy atom. The minimum absolute atomic E-state index is 0.195. The van der Waals surface area contributed by atoms with Crippen LogP contribution in [0.3, 0.4) is 0 Å². The highest BCUT2D eigenvalue weighted by Gasteiger charge is 2.21. The molecule has 0 aliphatic heterocycles. The summed E-state index contributed by atoms with van der Waals surface area (Å²) < 4.78 is 2.12. The van der Waals surface area contributed by atoms with Gasteiger partial charge in [0.15, 0.2) is 0 Å². The van der Waals surface area contributed by atoms with E-state index in [1.807, 2.05) is 24.3 Å². The predicted octanol–water partition coefficient (Wildman–Crippen LogP) is 4.61. The van der Waals surface area contributed by atoms with E-state index in [-0.39, 0.29) is 5.92 Å². The van der Waals surface area contributed by atoms with E-state index < -0.39 is 6.10 Å². The van der Waals surface area contributed by atoms with Crippen LogP contribution in [0.1, 0.15) is 37.6 Å². The molecule has 0 bridgehead atoms. The molecule has 2 atom stereocenters. The van der Waals surface area contributed by atoms with Crippen LogP contribution in [0.4, 0.5) is 0 Å². The molecule has 0 fully saturated rings. The minimum atomic E-state index is -0.435. The number of nitrogens with zero attached hydrogens (tertiary/aromatic N) is 2. The molecule has 4 heteroatoms. The van der Waals surface area contributed by atoms with E-state index >= 15 is 0 Å². The first-order chi connectivity index (χ1) is 11.1. The van der Waals surface area contributed by atoms with Crippen molar-refractivity contribution in [3.05, 3.63) is 64.9 Å². The third-order valence-corrected chi connectivity index (χ3v) is 4.34. The number of rotatable bonds is 5. The van der Waals surface area contributed by atoms with Gasteiger partial charge in [-0.3, -0.25) is 0 Å². The second-order valence-corrected chi connectivity index (χ2v) is 6.37. The summed E-state index contributed by atoms with van der Waals surface area (Å²) in [7, 11) is 0. The molecule has 0 amide bonds. The van der Waals surface area contributed by atoms with Gasteiger partial charge in [-0.1, -0.05) is 48.9 Å². The second kappa shape index (κ2) is 6.73. The van der Waals surface area contributed by atoms with Gasteiger partial charge >= 0.3 is 0 Å². The van der Waals surface area contributed by atoms with E-state index in [2.05, 4.69) is 35.8 Å².